The van der Waals surface area contributed by atoms with E-state index in [2.05, 4.69) is 5.32 Å². The largest absolute Gasteiger partial charge is 0.481 e. The smallest absolute Gasteiger partial charge is 0.304 e. The van der Waals surface area contributed by atoms with Gasteiger partial charge in [-0.05, 0) is 12.1 Å². The molecule has 0 aliphatic carbocycles. The minimum absolute atomic E-state index is 0.0866. The van der Waals surface area contributed by atoms with Gasteiger partial charge in [0, 0.05) is 11.4 Å². The molecule has 2 N–H and O–H groups in total. The van der Waals surface area contributed by atoms with Crippen molar-refractivity contribution in [2.75, 3.05) is 16.8 Å². The van der Waals surface area contributed by atoms with Crippen molar-refractivity contribution in [3.63, 3.8) is 0 Å². The van der Waals surface area contributed by atoms with Gasteiger partial charge < -0.3 is 10.4 Å². The number of aliphatic carboxylic acids is 1. The molecule has 0 spiro atoms. The molecule has 0 saturated carbocycles. The third-order valence-corrected chi connectivity index (χ3v) is 2.71. The van der Waals surface area contributed by atoms with Gasteiger partial charge in [0.1, 0.15) is 0 Å². The number of nitrogens with one attached hydrogen (secondary N) is 1. The van der Waals surface area contributed by atoms with Gasteiger partial charge in [0.05, 0.1) is 12.2 Å². The van der Waals surface area contributed by atoms with Crippen LogP contribution < -0.4 is 5.32 Å². The zero-order valence-corrected chi connectivity index (χ0v) is 9.50. The van der Waals surface area contributed by atoms with E-state index in [9.17, 15) is 9.59 Å². The van der Waals surface area contributed by atoms with Crippen LogP contribution in [0, 0.1) is 0 Å². The minimum Gasteiger partial charge on any atom is -0.481 e. The van der Waals surface area contributed by atoms with E-state index in [1.807, 2.05) is 18.2 Å². The van der Waals surface area contributed by atoms with Gasteiger partial charge in [0.2, 0.25) is 5.91 Å². The van der Waals surface area contributed by atoms with Crippen LogP contribution in [0.3, 0.4) is 0 Å². The molecule has 0 bridgehead atoms. The first-order valence-corrected chi connectivity index (χ1v) is 5.98. The summed E-state index contributed by atoms with van der Waals surface area (Å²) in [5.41, 5.74) is 0.756. The van der Waals surface area contributed by atoms with Crippen molar-refractivity contribution in [3.8, 4) is 0 Å². The first-order chi connectivity index (χ1) is 7.68. The Balaban J connectivity index is 2.19. The van der Waals surface area contributed by atoms with Crippen LogP contribution in [0.4, 0.5) is 5.69 Å². The molecule has 0 fully saturated rings. The molecule has 1 aromatic carbocycles. The molecule has 4 nitrogen and oxygen atoms in total. The number of anilines is 1. The second kappa shape index (κ2) is 6.90. The third kappa shape index (κ3) is 5.41. The van der Waals surface area contributed by atoms with Crippen molar-refractivity contribution in [2.45, 2.75) is 6.42 Å². The summed E-state index contributed by atoms with van der Waals surface area (Å²) in [6.07, 6.45) is 0.0866. The number of para-hydroxylation sites is 1. The quantitative estimate of drug-likeness (QED) is 0.743. The molecule has 0 aromatic heterocycles. The van der Waals surface area contributed by atoms with Gasteiger partial charge in [-0.15, -0.1) is 0 Å². The van der Waals surface area contributed by atoms with E-state index >= 15 is 0 Å². The van der Waals surface area contributed by atoms with Crippen molar-refractivity contribution in [1.29, 1.82) is 0 Å². The highest BCUT2D eigenvalue weighted by atomic mass is 32.2. The average molecular weight is 239 g/mol. The highest BCUT2D eigenvalue weighted by Crippen LogP contribution is 2.07. The lowest BCUT2D eigenvalue weighted by atomic mass is 10.3. The van der Waals surface area contributed by atoms with Crippen molar-refractivity contribution >= 4 is 29.3 Å². The molecular weight excluding hydrogens is 226 g/mol. The summed E-state index contributed by atoms with van der Waals surface area (Å²) >= 11 is 1.32. The fourth-order valence-electron chi connectivity index (χ4n) is 1.04. The van der Waals surface area contributed by atoms with Crippen LogP contribution in [0.5, 0.6) is 0 Å². The highest BCUT2D eigenvalue weighted by molar-refractivity contribution is 7.99. The SMILES string of the molecule is O=C(O)CCSCC(=O)Nc1ccccc1. The van der Waals surface area contributed by atoms with Gasteiger partial charge in [-0.1, -0.05) is 18.2 Å². The first kappa shape index (κ1) is 12.6. The highest BCUT2D eigenvalue weighted by Gasteiger charge is 2.03. The molecule has 1 aromatic rings. The number of amides is 1. The van der Waals surface area contributed by atoms with E-state index in [4.69, 9.17) is 5.11 Å². The maximum Gasteiger partial charge on any atom is 0.304 e. The molecule has 0 unspecified atom stereocenters. The predicted octanol–water partition coefficient (Wildman–Crippen LogP) is 1.83. The Hall–Kier alpha value is -1.49. The van der Waals surface area contributed by atoms with Crippen LogP contribution in [0.1, 0.15) is 6.42 Å². The van der Waals surface area contributed by atoms with Crippen LogP contribution in [0.15, 0.2) is 30.3 Å². The fourth-order valence-corrected chi connectivity index (χ4v) is 1.76. The summed E-state index contributed by atoms with van der Waals surface area (Å²) in [7, 11) is 0. The summed E-state index contributed by atoms with van der Waals surface area (Å²) in [6, 6.07) is 9.16. The molecule has 5 heteroatoms. The lowest BCUT2D eigenvalue weighted by Gasteiger charge is -2.03. The van der Waals surface area contributed by atoms with E-state index in [0.29, 0.717) is 5.75 Å². The van der Waals surface area contributed by atoms with E-state index in [1.165, 1.54) is 11.8 Å². The predicted molar refractivity (Wildman–Crippen MR) is 64.6 cm³/mol. The zero-order valence-electron chi connectivity index (χ0n) is 8.68. The molecule has 86 valence electrons. The number of hydrogen-bond acceptors (Lipinski definition) is 3. The van der Waals surface area contributed by atoms with Crippen molar-refractivity contribution < 1.29 is 14.7 Å². The first-order valence-electron chi connectivity index (χ1n) is 4.83. The Bertz CT molecular complexity index is 354. The summed E-state index contributed by atoms with van der Waals surface area (Å²) in [5, 5.41) is 11.1. The van der Waals surface area contributed by atoms with E-state index in [0.717, 1.165) is 5.69 Å². The maximum atomic E-state index is 11.4. The van der Waals surface area contributed by atoms with Gasteiger partial charge >= 0.3 is 5.97 Å². The average Bonchev–Trinajstić information content (AvgIpc) is 2.25. The molecular formula is C11H13NO3S. The summed E-state index contributed by atoms with van der Waals surface area (Å²) < 4.78 is 0. The molecule has 16 heavy (non-hydrogen) atoms. The van der Waals surface area contributed by atoms with E-state index in [1.54, 1.807) is 12.1 Å². The Kier molecular flexibility index (Phi) is 5.42. The molecule has 0 aliphatic heterocycles. The molecule has 0 heterocycles. The van der Waals surface area contributed by atoms with Crippen LogP contribution in [-0.2, 0) is 9.59 Å². The van der Waals surface area contributed by atoms with Gasteiger partial charge in [-0.2, -0.15) is 11.8 Å². The van der Waals surface area contributed by atoms with Crippen LogP contribution in [-0.4, -0.2) is 28.5 Å². The number of rotatable bonds is 6. The summed E-state index contributed by atoms with van der Waals surface area (Å²) in [5.74, 6) is -0.211. The van der Waals surface area contributed by atoms with Crippen molar-refractivity contribution in [2.24, 2.45) is 0 Å². The number of carbonyl (C=O) groups excluding carboxylic acids is 1. The number of benzene rings is 1. The Morgan fingerprint density at radius 3 is 2.56 bits per heavy atom. The zero-order chi connectivity index (χ0) is 11.8. The third-order valence-electron chi connectivity index (χ3n) is 1.75. The molecule has 1 amide bonds. The molecule has 1 rings (SSSR count). The van der Waals surface area contributed by atoms with E-state index < -0.39 is 5.97 Å². The van der Waals surface area contributed by atoms with Gasteiger partial charge in [-0.3, -0.25) is 9.59 Å². The number of carbonyl (C=O) groups is 2. The van der Waals surface area contributed by atoms with Crippen LogP contribution in [0.2, 0.25) is 0 Å². The Morgan fingerprint density at radius 1 is 1.25 bits per heavy atom. The number of carboxylic acids is 1. The normalized spacial score (nSPS) is 9.75. The maximum absolute atomic E-state index is 11.4. The monoisotopic (exact) mass is 239 g/mol. The van der Waals surface area contributed by atoms with Gasteiger partial charge in [0.25, 0.3) is 0 Å². The van der Waals surface area contributed by atoms with Crippen molar-refractivity contribution in [1.82, 2.24) is 0 Å². The lowest BCUT2D eigenvalue weighted by Crippen LogP contribution is -2.14. The Labute approximate surface area is 98.0 Å². The van der Waals surface area contributed by atoms with Gasteiger partial charge in [-0.25, -0.2) is 0 Å². The van der Waals surface area contributed by atoms with Gasteiger partial charge in [0.15, 0.2) is 0 Å². The number of thioether (sulfide) groups is 1. The number of hydrogen-bond donors (Lipinski definition) is 2. The fraction of sp³-hybridized carbons (Fsp3) is 0.273. The van der Waals surface area contributed by atoms with Crippen molar-refractivity contribution in [3.05, 3.63) is 30.3 Å². The molecule has 0 saturated heterocycles. The summed E-state index contributed by atoms with van der Waals surface area (Å²) in [4.78, 5) is 21.6. The van der Waals surface area contributed by atoms with Crippen LogP contribution >= 0.6 is 11.8 Å². The van der Waals surface area contributed by atoms with E-state index in [-0.39, 0.29) is 18.1 Å². The number of carboxylic acid groups (broad SMARTS) is 1. The molecule has 0 radical (unpaired) electrons. The molecule has 0 atom stereocenters. The Morgan fingerprint density at radius 2 is 1.94 bits per heavy atom. The topological polar surface area (TPSA) is 66.4 Å². The summed E-state index contributed by atoms with van der Waals surface area (Å²) in [6.45, 7) is 0. The standard InChI is InChI=1S/C11H13NO3S/c13-10(8-16-7-6-11(14)15)12-9-4-2-1-3-5-9/h1-5H,6-8H2,(H,12,13)(H,14,15). The lowest BCUT2D eigenvalue weighted by molar-refractivity contribution is -0.136. The minimum atomic E-state index is -0.837. The van der Waals surface area contributed by atoms with Crippen LogP contribution in [0.25, 0.3) is 0 Å². The molecule has 0 aliphatic rings. The second-order valence-corrected chi connectivity index (χ2v) is 4.22. The second-order valence-electron chi connectivity index (χ2n) is 3.11.